The lowest BCUT2D eigenvalue weighted by atomic mass is 10.1. The Kier molecular flexibility index (Phi) is 2.59. The fourth-order valence-electron chi connectivity index (χ4n) is 2.55. The van der Waals surface area contributed by atoms with Gasteiger partial charge in [0.05, 0.1) is 11.7 Å². The van der Waals surface area contributed by atoms with Gasteiger partial charge in [0.15, 0.2) is 0 Å². The first kappa shape index (κ1) is 11.0. The average Bonchev–Trinajstić information content (AvgIpc) is 2.87. The third-order valence-corrected chi connectivity index (χ3v) is 3.37. The lowest BCUT2D eigenvalue weighted by molar-refractivity contribution is -0.138. The summed E-state index contributed by atoms with van der Waals surface area (Å²) < 4.78 is 0. The Labute approximate surface area is 104 Å². The summed E-state index contributed by atoms with van der Waals surface area (Å²) in [7, 11) is 0. The second kappa shape index (κ2) is 4.25. The van der Waals surface area contributed by atoms with Crippen LogP contribution in [0, 0.1) is 0 Å². The van der Waals surface area contributed by atoms with Gasteiger partial charge in [0.25, 0.3) is 0 Å². The van der Waals surface area contributed by atoms with Crippen molar-refractivity contribution in [1.29, 1.82) is 0 Å². The highest BCUT2D eigenvalue weighted by atomic mass is 16.4. The highest BCUT2D eigenvalue weighted by molar-refractivity contribution is 5.93. The smallest absolute Gasteiger partial charge is 0.326 e. The van der Waals surface area contributed by atoms with Gasteiger partial charge in [-0.2, -0.15) is 0 Å². The van der Waals surface area contributed by atoms with Gasteiger partial charge >= 0.3 is 5.97 Å². The summed E-state index contributed by atoms with van der Waals surface area (Å²) in [6.45, 7) is 0.776. The first-order chi connectivity index (χ1) is 8.77. The predicted octanol–water partition coefficient (Wildman–Crippen LogP) is 1.68. The second-order valence-electron chi connectivity index (χ2n) is 4.41. The topological polar surface area (TPSA) is 66.3 Å². The Hall–Kier alpha value is -2.17. The second-order valence-corrected chi connectivity index (χ2v) is 4.41. The molecule has 0 bridgehead atoms. The summed E-state index contributed by atoms with van der Waals surface area (Å²) in [5.74, 6) is -0.758. The largest absolute Gasteiger partial charge is 0.480 e. The standard InChI is InChI=1S/C13H13N3O2/c17-13(18)12-2-1-7-16(12)11-4-6-15-10-8-14-5-3-9(10)11/h3-6,8,12H,1-2,7H2,(H,17,18)/t12-/m0/s1. The van der Waals surface area contributed by atoms with Crippen LogP contribution in [0.5, 0.6) is 0 Å². The van der Waals surface area contributed by atoms with Crippen LogP contribution in [0.2, 0.25) is 0 Å². The van der Waals surface area contributed by atoms with Crippen molar-refractivity contribution in [3.05, 3.63) is 30.7 Å². The third-order valence-electron chi connectivity index (χ3n) is 3.37. The van der Waals surface area contributed by atoms with Crippen LogP contribution >= 0.6 is 0 Å². The van der Waals surface area contributed by atoms with Gasteiger partial charge in [-0.25, -0.2) is 4.79 Å². The van der Waals surface area contributed by atoms with Crippen molar-refractivity contribution in [2.24, 2.45) is 0 Å². The molecule has 3 heterocycles. The Balaban J connectivity index is 2.11. The minimum Gasteiger partial charge on any atom is -0.480 e. The molecule has 1 N–H and O–H groups in total. The van der Waals surface area contributed by atoms with E-state index < -0.39 is 12.0 Å². The zero-order chi connectivity index (χ0) is 12.5. The maximum Gasteiger partial charge on any atom is 0.326 e. The Morgan fingerprint density at radius 3 is 3.11 bits per heavy atom. The molecule has 0 aliphatic carbocycles. The van der Waals surface area contributed by atoms with Crippen LogP contribution in [0.3, 0.4) is 0 Å². The number of anilines is 1. The average molecular weight is 243 g/mol. The van der Waals surface area contributed by atoms with E-state index in [2.05, 4.69) is 9.97 Å². The zero-order valence-electron chi connectivity index (χ0n) is 9.78. The molecule has 5 nitrogen and oxygen atoms in total. The van der Waals surface area contributed by atoms with Crippen molar-refractivity contribution >= 4 is 22.6 Å². The first-order valence-electron chi connectivity index (χ1n) is 5.95. The van der Waals surface area contributed by atoms with Crippen LogP contribution in [-0.4, -0.2) is 33.6 Å². The molecule has 0 spiro atoms. The SMILES string of the molecule is O=C(O)[C@@H]1CCCN1c1ccnc2cnccc12. The van der Waals surface area contributed by atoms with Crippen LogP contribution in [0.25, 0.3) is 10.9 Å². The van der Waals surface area contributed by atoms with E-state index in [-0.39, 0.29) is 0 Å². The minimum absolute atomic E-state index is 0.427. The normalized spacial score (nSPS) is 19.3. The summed E-state index contributed by atoms with van der Waals surface area (Å²) in [5.41, 5.74) is 1.73. The van der Waals surface area contributed by atoms with E-state index in [0.29, 0.717) is 6.42 Å². The van der Waals surface area contributed by atoms with E-state index in [4.69, 9.17) is 0 Å². The van der Waals surface area contributed by atoms with Crippen LogP contribution in [-0.2, 0) is 4.79 Å². The maximum atomic E-state index is 11.3. The van der Waals surface area contributed by atoms with Crippen molar-refractivity contribution in [2.45, 2.75) is 18.9 Å². The van der Waals surface area contributed by atoms with Gasteiger partial charge in [0.2, 0.25) is 0 Å². The third kappa shape index (κ3) is 1.68. The molecular formula is C13H13N3O2. The molecule has 1 aliphatic rings. The molecule has 92 valence electrons. The van der Waals surface area contributed by atoms with Gasteiger partial charge in [-0.3, -0.25) is 9.97 Å². The van der Waals surface area contributed by atoms with Crippen LogP contribution in [0.15, 0.2) is 30.7 Å². The summed E-state index contributed by atoms with van der Waals surface area (Å²) in [6, 6.07) is 3.34. The quantitative estimate of drug-likeness (QED) is 0.869. The number of carbonyl (C=O) groups is 1. The van der Waals surface area contributed by atoms with Gasteiger partial charge in [0, 0.05) is 30.0 Å². The molecule has 0 amide bonds. The van der Waals surface area contributed by atoms with Gasteiger partial charge in [0.1, 0.15) is 6.04 Å². The highest BCUT2D eigenvalue weighted by Gasteiger charge is 2.31. The Morgan fingerprint density at radius 1 is 1.39 bits per heavy atom. The number of carboxylic acids is 1. The van der Waals surface area contributed by atoms with Gasteiger partial charge < -0.3 is 10.0 Å². The van der Waals surface area contributed by atoms with Gasteiger partial charge in [-0.15, -0.1) is 0 Å². The van der Waals surface area contributed by atoms with E-state index in [1.165, 1.54) is 0 Å². The van der Waals surface area contributed by atoms with E-state index in [0.717, 1.165) is 29.6 Å². The van der Waals surface area contributed by atoms with E-state index >= 15 is 0 Å². The Bertz CT molecular complexity index is 594. The fourth-order valence-corrected chi connectivity index (χ4v) is 2.55. The number of fused-ring (bicyclic) bond motifs is 1. The minimum atomic E-state index is -0.758. The number of carboxylic acid groups (broad SMARTS) is 1. The summed E-state index contributed by atoms with van der Waals surface area (Å²) in [4.78, 5) is 21.5. The summed E-state index contributed by atoms with van der Waals surface area (Å²) in [5, 5.41) is 10.2. The molecule has 0 unspecified atom stereocenters. The molecule has 2 aromatic heterocycles. The lowest BCUT2D eigenvalue weighted by Gasteiger charge is -2.24. The molecule has 5 heteroatoms. The van der Waals surface area contributed by atoms with Crippen LogP contribution < -0.4 is 4.90 Å². The maximum absolute atomic E-state index is 11.3. The Morgan fingerprint density at radius 2 is 2.28 bits per heavy atom. The van der Waals surface area contributed by atoms with Crippen molar-refractivity contribution in [2.75, 3.05) is 11.4 Å². The first-order valence-corrected chi connectivity index (χ1v) is 5.95. The van der Waals surface area contributed by atoms with Crippen molar-refractivity contribution in [3.8, 4) is 0 Å². The van der Waals surface area contributed by atoms with Gasteiger partial charge in [-0.1, -0.05) is 0 Å². The molecule has 1 saturated heterocycles. The number of pyridine rings is 2. The number of nitrogens with zero attached hydrogens (tertiary/aromatic N) is 3. The number of hydrogen-bond donors (Lipinski definition) is 1. The molecule has 0 saturated carbocycles. The molecule has 1 aliphatic heterocycles. The lowest BCUT2D eigenvalue weighted by Crippen LogP contribution is -2.36. The summed E-state index contributed by atoms with van der Waals surface area (Å²) in [6.07, 6.45) is 6.72. The molecule has 2 aromatic rings. The van der Waals surface area contributed by atoms with E-state index in [1.54, 1.807) is 18.6 Å². The van der Waals surface area contributed by atoms with Crippen molar-refractivity contribution in [3.63, 3.8) is 0 Å². The van der Waals surface area contributed by atoms with Gasteiger partial charge in [-0.05, 0) is 25.0 Å². The fraction of sp³-hybridized carbons (Fsp3) is 0.308. The zero-order valence-corrected chi connectivity index (χ0v) is 9.78. The number of hydrogen-bond acceptors (Lipinski definition) is 4. The highest BCUT2D eigenvalue weighted by Crippen LogP contribution is 2.30. The van der Waals surface area contributed by atoms with Crippen LogP contribution in [0.4, 0.5) is 5.69 Å². The molecule has 3 rings (SSSR count). The number of aliphatic carboxylic acids is 1. The van der Waals surface area contributed by atoms with Crippen molar-refractivity contribution in [1.82, 2.24) is 9.97 Å². The number of aromatic nitrogens is 2. The van der Waals surface area contributed by atoms with Crippen LogP contribution in [0.1, 0.15) is 12.8 Å². The number of rotatable bonds is 2. The predicted molar refractivity (Wildman–Crippen MR) is 67.5 cm³/mol. The van der Waals surface area contributed by atoms with Crippen molar-refractivity contribution < 1.29 is 9.90 Å². The molecule has 0 aromatic carbocycles. The monoisotopic (exact) mass is 243 g/mol. The molecule has 0 radical (unpaired) electrons. The molecule has 18 heavy (non-hydrogen) atoms. The van der Waals surface area contributed by atoms with E-state index in [9.17, 15) is 9.90 Å². The molecule has 1 fully saturated rings. The molecular weight excluding hydrogens is 230 g/mol. The van der Waals surface area contributed by atoms with E-state index in [1.807, 2.05) is 17.0 Å². The molecule has 1 atom stereocenters. The summed E-state index contributed by atoms with van der Waals surface area (Å²) >= 11 is 0.